The molecule has 0 spiro atoms. The Balaban J connectivity index is 2.82. The highest BCUT2D eigenvalue weighted by molar-refractivity contribution is 6.19. The van der Waals surface area contributed by atoms with E-state index < -0.39 is 0 Å². The predicted octanol–water partition coefficient (Wildman–Crippen LogP) is 2.03. The molecule has 3 heteroatoms. The molecule has 1 aliphatic carbocycles. The SMILES string of the molecule is CCC(C)CC1=CC(=O)C=C(OC)C1=O. The molecule has 0 saturated heterocycles. The minimum absolute atomic E-state index is 0.154. The largest absolute Gasteiger partial charge is 0.493 e. The van der Waals surface area contributed by atoms with Crippen molar-refractivity contribution in [2.75, 3.05) is 7.11 Å². The average molecular weight is 208 g/mol. The first-order valence-electron chi connectivity index (χ1n) is 5.13. The maximum Gasteiger partial charge on any atom is 0.223 e. The van der Waals surface area contributed by atoms with Gasteiger partial charge in [0.15, 0.2) is 11.5 Å². The molecule has 0 aliphatic heterocycles. The Morgan fingerprint density at radius 2 is 2.00 bits per heavy atom. The maximum atomic E-state index is 11.7. The van der Waals surface area contributed by atoms with Gasteiger partial charge in [0.25, 0.3) is 0 Å². The van der Waals surface area contributed by atoms with Crippen molar-refractivity contribution in [1.82, 2.24) is 0 Å². The molecule has 82 valence electrons. The van der Waals surface area contributed by atoms with E-state index in [4.69, 9.17) is 4.74 Å². The first-order valence-corrected chi connectivity index (χ1v) is 5.13. The quantitative estimate of drug-likeness (QED) is 0.664. The Kier molecular flexibility index (Phi) is 3.83. The van der Waals surface area contributed by atoms with Gasteiger partial charge in [-0.3, -0.25) is 9.59 Å². The number of carbonyl (C=O) groups is 2. The number of hydrogen-bond donors (Lipinski definition) is 0. The van der Waals surface area contributed by atoms with E-state index in [1.165, 1.54) is 19.3 Å². The van der Waals surface area contributed by atoms with Crippen molar-refractivity contribution in [3.05, 3.63) is 23.5 Å². The number of hydrogen-bond acceptors (Lipinski definition) is 3. The summed E-state index contributed by atoms with van der Waals surface area (Å²) in [4.78, 5) is 23.0. The van der Waals surface area contributed by atoms with Crippen LogP contribution in [0.4, 0.5) is 0 Å². The lowest BCUT2D eigenvalue weighted by Crippen LogP contribution is -2.17. The molecule has 1 aliphatic rings. The summed E-state index contributed by atoms with van der Waals surface area (Å²) < 4.78 is 4.87. The molecule has 0 amide bonds. The fraction of sp³-hybridized carbons (Fsp3) is 0.500. The maximum absolute atomic E-state index is 11.7. The summed E-state index contributed by atoms with van der Waals surface area (Å²) >= 11 is 0. The summed E-state index contributed by atoms with van der Waals surface area (Å²) in [5, 5.41) is 0. The summed E-state index contributed by atoms with van der Waals surface area (Å²) in [6.07, 6.45) is 4.28. The summed E-state index contributed by atoms with van der Waals surface area (Å²) in [5.74, 6) is 0.243. The van der Waals surface area contributed by atoms with E-state index in [0.29, 0.717) is 17.9 Å². The summed E-state index contributed by atoms with van der Waals surface area (Å²) in [6.45, 7) is 4.12. The molecular formula is C12H16O3. The topological polar surface area (TPSA) is 43.4 Å². The molecular weight excluding hydrogens is 192 g/mol. The number of allylic oxidation sites excluding steroid dienone is 3. The lowest BCUT2D eigenvalue weighted by molar-refractivity contribution is -0.117. The Hall–Kier alpha value is -1.38. The van der Waals surface area contributed by atoms with Crippen LogP contribution in [-0.4, -0.2) is 18.7 Å². The molecule has 0 fully saturated rings. The minimum atomic E-state index is -0.162. The lowest BCUT2D eigenvalue weighted by atomic mass is 9.92. The normalized spacial score (nSPS) is 18.3. The smallest absolute Gasteiger partial charge is 0.223 e. The van der Waals surface area contributed by atoms with E-state index in [-0.39, 0.29) is 17.3 Å². The monoisotopic (exact) mass is 208 g/mol. The molecule has 0 saturated carbocycles. The van der Waals surface area contributed by atoms with E-state index in [0.717, 1.165) is 6.42 Å². The van der Waals surface area contributed by atoms with Crippen LogP contribution >= 0.6 is 0 Å². The van der Waals surface area contributed by atoms with Gasteiger partial charge in [0.05, 0.1) is 7.11 Å². The molecule has 1 rings (SSSR count). The summed E-state index contributed by atoms with van der Waals surface area (Å²) in [5.41, 5.74) is 0.564. The molecule has 0 radical (unpaired) electrons. The second kappa shape index (κ2) is 4.91. The lowest BCUT2D eigenvalue weighted by Gasteiger charge is -2.15. The van der Waals surface area contributed by atoms with Gasteiger partial charge < -0.3 is 4.74 Å². The Morgan fingerprint density at radius 3 is 2.53 bits per heavy atom. The van der Waals surface area contributed by atoms with E-state index in [1.54, 1.807) is 0 Å². The van der Waals surface area contributed by atoms with Crippen LogP contribution < -0.4 is 0 Å². The molecule has 0 aromatic carbocycles. The number of ether oxygens (including phenoxy) is 1. The van der Waals surface area contributed by atoms with Crippen LogP contribution in [0.25, 0.3) is 0 Å². The fourth-order valence-corrected chi connectivity index (χ4v) is 1.45. The van der Waals surface area contributed by atoms with Crippen LogP contribution in [0, 0.1) is 5.92 Å². The molecule has 0 aromatic heterocycles. The third-order valence-electron chi connectivity index (χ3n) is 2.59. The van der Waals surface area contributed by atoms with Crippen LogP contribution in [0.3, 0.4) is 0 Å². The highest BCUT2D eigenvalue weighted by Gasteiger charge is 2.23. The van der Waals surface area contributed by atoms with Gasteiger partial charge in [-0.15, -0.1) is 0 Å². The minimum Gasteiger partial charge on any atom is -0.493 e. The van der Waals surface area contributed by atoms with Crippen LogP contribution in [0.1, 0.15) is 26.7 Å². The Morgan fingerprint density at radius 1 is 1.33 bits per heavy atom. The molecule has 3 nitrogen and oxygen atoms in total. The van der Waals surface area contributed by atoms with Crippen LogP contribution in [-0.2, 0) is 14.3 Å². The van der Waals surface area contributed by atoms with Gasteiger partial charge in [-0.05, 0) is 18.4 Å². The van der Waals surface area contributed by atoms with E-state index in [9.17, 15) is 9.59 Å². The zero-order chi connectivity index (χ0) is 11.4. The van der Waals surface area contributed by atoms with E-state index >= 15 is 0 Å². The molecule has 1 unspecified atom stereocenters. The molecule has 1 atom stereocenters. The highest BCUT2D eigenvalue weighted by Crippen LogP contribution is 2.21. The van der Waals surface area contributed by atoms with Crippen molar-refractivity contribution < 1.29 is 14.3 Å². The first kappa shape index (κ1) is 11.7. The second-order valence-corrected chi connectivity index (χ2v) is 3.83. The summed E-state index contributed by atoms with van der Waals surface area (Å²) in [6, 6.07) is 0. The number of rotatable bonds is 4. The van der Waals surface area contributed by atoms with Crippen molar-refractivity contribution in [2.45, 2.75) is 26.7 Å². The second-order valence-electron chi connectivity index (χ2n) is 3.83. The Labute approximate surface area is 89.8 Å². The first-order chi connectivity index (χ1) is 7.08. The third-order valence-corrected chi connectivity index (χ3v) is 2.59. The van der Waals surface area contributed by atoms with Gasteiger partial charge in [-0.25, -0.2) is 0 Å². The van der Waals surface area contributed by atoms with Crippen LogP contribution in [0.15, 0.2) is 23.5 Å². The molecule has 0 heterocycles. The highest BCUT2D eigenvalue weighted by atomic mass is 16.5. The van der Waals surface area contributed by atoms with Crippen molar-refractivity contribution in [3.63, 3.8) is 0 Å². The van der Waals surface area contributed by atoms with Gasteiger partial charge in [-0.2, -0.15) is 0 Å². The molecule has 15 heavy (non-hydrogen) atoms. The number of ketones is 2. The van der Waals surface area contributed by atoms with Crippen LogP contribution in [0.5, 0.6) is 0 Å². The third kappa shape index (κ3) is 2.78. The molecule has 0 bridgehead atoms. The van der Waals surface area contributed by atoms with E-state index in [2.05, 4.69) is 13.8 Å². The summed E-state index contributed by atoms with van der Waals surface area (Å²) in [7, 11) is 1.41. The standard InChI is InChI=1S/C12H16O3/c1-4-8(2)5-9-6-10(13)7-11(15-3)12(9)14/h6-8H,4-5H2,1-3H3. The zero-order valence-corrected chi connectivity index (χ0v) is 9.37. The van der Waals surface area contributed by atoms with Crippen molar-refractivity contribution in [2.24, 2.45) is 5.92 Å². The van der Waals surface area contributed by atoms with Gasteiger partial charge in [-0.1, -0.05) is 20.3 Å². The Bertz CT molecular complexity index is 337. The van der Waals surface area contributed by atoms with Gasteiger partial charge in [0.2, 0.25) is 5.78 Å². The van der Waals surface area contributed by atoms with Gasteiger partial charge in [0.1, 0.15) is 0 Å². The van der Waals surface area contributed by atoms with Gasteiger partial charge >= 0.3 is 0 Å². The van der Waals surface area contributed by atoms with E-state index in [1.807, 2.05) is 0 Å². The van der Waals surface area contributed by atoms with Crippen molar-refractivity contribution in [1.29, 1.82) is 0 Å². The number of methoxy groups -OCH3 is 1. The molecule has 0 aromatic rings. The number of Topliss-reactive ketones (excluding diaryl/α,β-unsaturated/α-hetero) is 1. The molecule has 0 N–H and O–H groups in total. The fourth-order valence-electron chi connectivity index (χ4n) is 1.45. The average Bonchev–Trinajstić information content (AvgIpc) is 2.22. The van der Waals surface area contributed by atoms with Crippen LogP contribution in [0.2, 0.25) is 0 Å². The predicted molar refractivity (Wildman–Crippen MR) is 57.3 cm³/mol. The van der Waals surface area contributed by atoms with Crippen molar-refractivity contribution in [3.8, 4) is 0 Å². The van der Waals surface area contributed by atoms with Crippen molar-refractivity contribution >= 4 is 11.6 Å². The van der Waals surface area contributed by atoms with Gasteiger partial charge in [0, 0.05) is 11.6 Å². The number of carbonyl (C=O) groups excluding carboxylic acids is 2. The zero-order valence-electron chi connectivity index (χ0n) is 9.37.